The monoisotopic (exact) mass is 410 g/mol. The summed E-state index contributed by atoms with van der Waals surface area (Å²) < 4.78 is 2.03. The van der Waals surface area contributed by atoms with Crippen molar-refractivity contribution in [3.8, 4) is 0 Å². The van der Waals surface area contributed by atoms with Crippen LogP contribution in [0.2, 0.25) is 0 Å². The second-order valence-electron chi connectivity index (χ2n) is 11.0. The van der Waals surface area contributed by atoms with Crippen LogP contribution >= 0.6 is 0 Å². The average molecular weight is 411 g/mol. The number of rotatable bonds is 2. The molecule has 164 valence electrons. The first-order chi connectivity index (χ1) is 14.3. The van der Waals surface area contributed by atoms with Gasteiger partial charge in [-0.15, -0.1) is 0 Å². The largest absolute Gasteiger partial charge is 0.393 e. The van der Waals surface area contributed by atoms with Gasteiger partial charge in [-0.25, -0.2) is 0 Å². The Labute approximate surface area is 181 Å². The predicted molar refractivity (Wildman–Crippen MR) is 120 cm³/mol. The van der Waals surface area contributed by atoms with Gasteiger partial charge >= 0.3 is 0 Å². The van der Waals surface area contributed by atoms with E-state index in [2.05, 4.69) is 44.9 Å². The highest BCUT2D eigenvalue weighted by Crippen LogP contribution is 2.65. The molecule has 3 saturated carbocycles. The summed E-state index contributed by atoms with van der Waals surface area (Å²) in [5.74, 6) is 1.88. The quantitative estimate of drug-likeness (QED) is 0.683. The van der Waals surface area contributed by atoms with Crippen molar-refractivity contribution in [1.29, 1.82) is 0 Å². The van der Waals surface area contributed by atoms with Gasteiger partial charge in [-0.05, 0) is 93.6 Å². The first kappa shape index (κ1) is 20.5. The summed E-state index contributed by atoms with van der Waals surface area (Å²) in [5.41, 5.74) is 5.30. The molecule has 0 amide bonds. The van der Waals surface area contributed by atoms with Gasteiger partial charge < -0.3 is 10.2 Å². The Hall–Kier alpha value is -1.39. The van der Waals surface area contributed by atoms with Gasteiger partial charge in [0.1, 0.15) is 0 Å². The van der Waals surface area contributed by atoms with Crippen LogP contribution in [0.1, 0.15) is 77.0 Å². The molecule has 0 spiro atoms. The molecule has 0 aliphatic heterocycles. The molecule has 7 atom stereocenters. The average Bonchev–Trinajstić information content (AvgIpc) is 3.20. The fourth-order valence-corrected chi connectivity index (χ4v) is 7.76. The summed E-state index contributed by atoms with van der Waals surface area (Å²) in [6, 6.07) is 0. The zero-order chi connectivity index (χ0) is 21.3. The molecule has 5 rings (SSSR count). The molecule has 0 saturated heterocycles. The van der Waals surface area contributed by atoms with Gasteiger partial charge in [0.15, 0.2) is 0 Å². The van der Waals surface area contributed by atoms with E-state index in [1.54, 1.807) is 0 Å². The molecule has 0 radical (unpaired) electrons. The Morgan fingerprint density at radius 3 is 2.70 bits per heavy atom. The number of hydrogen-bond donors (Lipinski definition) is 2. The maximum Gasteiger partial charge on any atom is 0.0809 e. The lowest BCUT2D eigenvalue weighted by molar-refractivity contribution is -0.0685. The van der Waals surface area contributed by atoms with Crippen molar-refractivity contribution in [2.24, 2.45) is 28.6 Å². The highest BCUT2D eigenvalue weighted by Gasteiger charge is 2.59. The van der Waals surface area contributed by atoms with E-state index in [-0.39, 0.29) is 23.0 Å². The van der Waals surface area contributed by atoms with E-state index in [0.717, 1.165) is 50.6 Å². The van der Waals surface area contributed by atoms with Gasteiger partial charge in [0.2, 0.25) is 0 Å². The standard InChI is InChI=1S/C26H38N2O2/c1-5-28-16(2)18(15-27-28)12-17-13-23-21-7-6-19-14-20(29)8-10-25(19,3)22(21)9-11-26(23,4)24(17)30/h6,12,15,20-24,29-30H,5,7-11,13-14H2,1-4H3/b17-12+. The van der Waals surface area contributed by atoms with E-state index in [9.17, 15) is 10.2 Å². The van der Waals surface area contributed by atoms with Crippen LogP contribution in [0.25, 0.3) is 6.08 Å². The van der Waals surface area contributed by atoms with E-state index < -0.39 is 0 Å². The summed E-state index contributed by atoms with van der Waals surface area (Å²) in [6.07, 6.45) is 13.5. The van der Waals surface area contributed by atoms with Crippen molar-refractivity contribution in [2.45, 2.75) is 91.4 Å². The van der Waals surface area contributed by atoms with Gasteiger partial charge in [-0.2, -0.15) is 5.10 Å². The second-order valence-corrected chi connectivity index (χ2v) is 11.0. The lowest BCUT2D eigenvalue weighted by atomic mass is 9.48. The van der Waals surface area contributed by atoms with Gasteiger partial charge in [0.25, 0.3) is 0 Å². The summed E-state index contributed by atoms with van der Waals surface area (Å²) >= 11 is 0. The third-order valence-electron chi connectivity index (χ3n) is 9.73. The van der Waals surface area contributed by atoms with Crippen molar-refractivity contribution in [3.05, 3.63) is 34.7 Å². The number of nitrogens with zero attached hydrogens (tertiary/aromatic N) is 2. The Bertz CT molecular complexity index is 899. The SMILES string of the molecule is CCn1ncc(/C=C2\CC3C4CC=C5CC(O)CCC5(C)C4CCC3(C)C2O)c1C. The first-order valence-corrected chi connectivity index (χ1v) is 12.1. The van der Waals surface area contributed by atoms with Crippen molar-refractivity contribution < 1.29 is 10.2 Å². The van der Waals surface area contributed by atoms with Crippen LogP contribution in [0.15, 0.2) is 23.4 Å². The van der Waals surface area contributed by atoms with E-state index in [0.29, 0.717) is 17.8 Å². The molecule has 3 fully saturated rings. The summed E-state index contributed by atoms with van der Waals surface area (Å²) in [7, 11) is 0. The molecule has 4 nitrogen and oxygen atoms in total. The Morgan fingerprint density at radius 1 is 1.17 bits per heavy atom. The predicted octanol–water partition coefficient (Wildman–Crippen LogP) is 4.89. The smallest absolute Gasteiger partial charge is 0.0809 e. The van der Waals surface area contributed by atoms with Crippen molar-refractivity contribution in [2.75, 3.05) is 0 Å². The van der Waals surface area contributed by atoms with Crippen molar-refractivity contribution >= 4 is 6.08 Å². The van der Waals surface area contributed by atoms with E-state index >= 15 is 0 Å². The Morgan fingerprint density at radius 2 is 1.97 bits per heavy atom. The number of hydrogen-bond acceptors (Lipinski definition) is 3. The maximum atomic E-state index is 11.4. The summed E-state index contributed by atoms with van der Waals surface area (Å²) in [4.78, 5) is 0. The molecular formula is C26H38N2O2. The van der Waals surface area contributed by atoms with Crippen molar-refractivity contribution in [3.63, 3.8) is 0 Å². The molecule has 2 N–H and O–H groups in total. The van der Waals surface area contributed by atoms with E-state index in [1.807, 2.05) is 10.9 Å². The molecule has 1 aromatic rings. The van der Waals surface area contributed by atoms with Crippen molar-refractivity contribution in [1.82, 2.24) is 9.78 Å². The van der Waals surface area contributed by atoms with E-state index in [4.69, 9.17) is 0 Å². The van der Waals surface area contributed by atoms with Crippen LogP contribution in [0.4, 0.5) is 0 Å². The van der Waals surface area contributed by atoms with Crippen LogP contribution in [-0.4, -0.2) is 32.2 Å². The zero-order valence-electron chi connectivity index (χ0n) is 19.1. The fourth-order valence-electron chi connectivity index (χ4n) is 7.76. The number of fused-ring (bicyclic) bond motifs is 5. The number of aromatic nitrogens is 2. The van der Waals surface area contributed by atoms with Crippen LogP contribution in [0, 0.1) is 35.5 Å². The lowest BCUT2D eigenvalue weighted by Gasteiger charge is -2.57. The van der Waals surface area contributed by atoms with Crippen LogP contribution < -0.4 is 0 Å². The highest BCUT2D eigenvalue weighted by atomic mass is 16.3. The maximum absolute atomic E-state index is 11.4. The third kappa shape index (κ3) is 2.82. The Kier molecular flexibility index (Phi) is 4.83. The van der Waals surface area contributed by atoms with Gasteiger partial charge in [0, 0.05) is 23.2 Å². The number of aliphatic hydroxyl groups is 2. The molecule has 4 aliphatic rings. The third-order valence-corrected chi connectivity index (χ3v) is 9.73. The molecule has 1 aromatic heterocycles. The Balaban J connectivity index is 1.47. The van der Waals surface area contributed by atoms with Crippen LogP contribution in [0.3, 0.4) is 0 Å². The molecule has 7 unspecified atom stereocenters. The lowest BCUT2D eigenvalue weighted by Crippen LogP contribution is -2.51. The van der Waals surface area contributed by atoms with E-state index in [1.165, 1.54) is 23.3 Å². The van der Waals surface area contributed by atoms with Crippen LogP contribution in [-0.2, 0) is 6.54 Å². The normalized spacial score (nSPS) is 44.4. The molecule has 0 bridgehead atoms. The highest BCUT2D eigenvalue weighted by molar-refractivity contribution is 5.57. The molecule has 0 aromatic carbocycles. The number of aryl methyl sites for hydroxylation is 1. The molecule has 30 heavy (non-hydrogen) atoms. The minimum atomic E-state index is -0.348. The topological polar surface area (TPSA) is 58.3 Å². The minimum Gasteiger partial charge on any atom is -0.393 e. The number of aliphatic hydroxyl groups excluding tert-OH is 2. The minimum absolute atomic E-state index is 0.0163. The van der Waals surface area contributed by atoms with Gasteiger partial charge in [0.05, 0.1) is 18.4 Å². The van der Waals surface area contributed by atoms with Gasteiger partial charge in [-0.1, -0.05) is 25.5 Å². The molecule has 4 aliphatic carbocycles. The zero-order valence-corrected chi connectivity index (χ0v) is 19.1. The molecule has 4 heteroatoms. The summed E-state index contributed by atoms with van der Waals surface area (Å²) in [5, 5.41) is 26.1. The summed E-state index contributed by atoms with van der Waals surface area (Å²) in [6.45, 7) is 9.93. The first-order valence-electron chi connectivity index (χ1n) is 12.1. The molecule has 1 heterocycles. The fraction of sp³-hybridized carbons (Fsp3) is 0.731. The number of allylic oxidation sites excluding steroid dienone is 1. The van der Waals surface area contributed by atoms with Crippen LogP contribution in [0.5, 0.6) is 0 Å². The second kappa shape index (κ2) is 7.06. The molecular weight excluding hydrogens is 372 g/mol. The van der Waals surface area contributed by atoms with Gasteiger partial charge in [-0.3, -0.25) is 4.68 Å².